The van der Waals surface area contributed by atoms with Gasteiger partial charge in [0.25, 0.3) is 0 Å². The molecule has 6 heteroatoms. The first-order valence-electron chi connectivity index (χ1n) is 10.3. The molecule has 2 atom stereocenters. The van der Waals surface area contributed by atoms with Crippen molar-refractivity contribution in [3.63, 3.8) is 0 Å². The van der Waals surface area contributed by atoms with Crippen molar-refractivity contribution in [3.05, 3.63) is 12.4 Å². The first-order valence-corrected chi connectivity index (χ1v) is 10.3. The molecular formula is C20H33N5O. The Bertz CT molecular complexity index is 593. The maximum Gasteiger partial charge on any atom is 0.224 e. The molecule has 144 valence electrons. The third-order valence-electron chi connectivity index (χ3n) is 5.56. The number of amides is 1. The largest absolute Gasteiger partial charge is 0.356 e. The van der Waals surface area contributed by atoms with Crippen molar-refractivity contribution in [2.45, 2.75) is 52.4 Å². The van der Waals surface area contributed by atoms with Crippen LogP contribution in [0.1, 0.15) is 52.4 Å². The summed E-state index contributed by atoms with van der Waals surface area (Å²) in [5.74, 6) is 2.96. The third kappa shape index (κ3) is 4.86. The fraction of sp³-hybridized carbons (Fsp3) is 0.750. The van der Waals surface area contributed by atoms with E-state index in [1.54, 1.807) is 6.33 Å². The molecule has 26 heavy (non-hydrogen) atoms. The van der Waals surface area contributed by atoms with Crippen molar-refractivity contribution >= 4 is 17.5 Å². The number of nitrogens with zero attached hydrogens (tertiary/aromatic N) is 4. The minimum Gasteiger partial charge on any atom is -0.356 e. The van der Waals surface area contributed by atoms with Gasteiger partial charge in [0.15, 0.2) is 0 Å². The third-order valence-corrected chi connectivity index (χ3v) is 5.56. The molecule has 1 amide bonds. The molecule has 1 N–H and O–H groups in total. The van der Waals surface area contributed by atoms with Gasteiger partial charge in [-0.3, -0.25) is 4.79 Å². The van der Waals surface area contributed by atoms with Gasteiger partial charge in [-0.15, -0.1) is 0 Å². The second kappa shape index (κ2) is 9.19. The zero-order chi connectivity index (χ0) is 18.4. The molecule has 2 aliphatic heterocycles. The van der Waals surface area contributed by atoms with Gasteiger partial charge >= 0.3 is 0 Å². The molecule has 2 unspecified atom stereocenters. The average molecular weight is 360 g/mol. The fourth-order valence-electron chi connectivity index (χ4n) is 4.01. The van der Waals surface area contributed by atoms with Crippen LogP contribution in [-0.4, -0.2) is 48.6 Å². The number of rotatable bonds is 6. The molecule has 0 aromatic carbocycles. The van der Waals surface area contributed by atoms with Gasteiger partial charge in [-0.2, -0.15) is 0 Å². The predicted octanol–water partition coefficient (Wildman–Crippen LogP) is 2.85. The Morgan fingerprint density at radius 1 is 1.15 bits per heavy atom. The fourth-order valence-corrected chi connectivity index (χ4v) is 4.01. The van der Waals surface area contributed by atoms with E-state index in [4.69, 9.17) is 0 Å². The van der Waals surface area contributed by atoms with Gasteiger partial charge in [-0.05, 0) is 38.0 Å². The molecule has 0 spiro atoms. The zero-order valence-electron chi connectivity index (χ0n) is 16.3. The van der Waals surface area contributed by atoms with E-state index in [-0.39, 0.29) is 11.8 Å². The Hall–Kier alpha value is -1.85. The minimum absolute atomic E-state index is 0.0639. The number of unbranched alkanes of at least 4 members (excludes halogenated alkanes) is 1. The minimum atomic E-state index is 0.0639. The molecule has 1 aromatic rings. The van der Waals surface area contributed by atoms with Gasteiger partial charge in [0.2, 0.25) is 5.91 Å². The number of hydrogen-bond acceptors (Lipinski definition) is 5. The Morgan fingerprint density at radius 3 is 2.54 bits per heavy atom. The van der Waals surface area contributed by atoms with Crippen LogP contribution in [0.25, 0.3) is 0 Å². The van der Waals surface area contributed by atoms with Crippen LogP contribution in [0.4, 0.5) is 11.6 Å². The lowest BCUT2D eigenvalue weighted by atomic mass is 9.97. The summed E-state index contributed by atoms with van der Waals surface area (Å²) in [6, 6.07) is 2.11. The summed E-state index contributed by atoms with van der Waals surface area (Å²) < 4.78 is 0. The molecule has 6 nitrogen and oxygen atoms in total. The summed E-state index contributed by atoms with van der Waals surface area (Å²) in [6.07, 6.45) is 8.36. The van der Waals surface area contributed by atoms with Gasteiger partial charge in [0.1, 0.15) is 18.0 Å². The predicted molar refractivity (Wildman–Crippen MR) is 105 cm³/mol. The molecule has 0 saturated carbocycles. The quantitative estimate of drug-likeness (QED) is 0.792. The Balaban J connectivity index is 1.63. The van der Waals surface area contributed by atoms with Crippen LogP contribution in [0.15, 0.2) is 12.4 Å². The van der Waals surface area contributed by atoms with Crippen LogP contribution < -0.4 is 15.1 Å². The van der Waals surface area contributed by atoms with Crippen LogP contribution in [0, 0.1) is 11.8 Å². The standard InChI is InChI=1S/C20H33N5O/c1-3-4-9-21-20(26)17-8-6-11-25(14-17)19-12-18(22-15-23-19)24-10-5-7-16(2)13-24/h12,15-17H,3-11,13-14H2,1-2H3,(H,21,26). The van der Waals surface area contributed by atoms with Crippen LogP contribution in [0.5, 0.6) is 0 Å². The molecule has 3 heterocycles. The number of nitrogens with one attached hydrogen (secondary N) is 1. The monoisotopic (exact) mass is 359 g/mol. The van der Waals surface area contributed by atoms with Crippen molar-refractivity contribution in [2.75, 3.05) is 42.5 Å². The highest BCUT2D eigenvalue weighted by Crippen LogP contribution is 2.26. The average Bonchev–Trinajstić information content (AvgIpc) is 2.68. The number of carbonyl (C=O) groups is 1. The van der Waals surface area contributed by atoms with E-state index in [2.05, 4.69) is 45.0 Å². The van der Waals surface area contributed by atoms with Crippen molar-refractivity contribution in [1.82, 2.24) is 15.3 Å². The van der Waals surface area contributed by atoms with Gasteiger partial charge in [0, 0.05) is 38.8 Å². The highest BCUT2D eigenvalue weighted by atomic mass is 16.1. The molecule has 2 saturated heterocycles. The Labute approximate surface area is 157 Å². The number of hydrogen-bond donors (Lipinski definition) is 1. The molecular weight excluding hydrogens is 326 g/mol. The zero-order valence-corrected chi connectivity index (χ0v) is 16.3. The molecule has 0 bridgehead atoms. The second-order valence-electron chi connectivity index (χ2n) is 7.86. The van der Waals surface area contributed by atoms with E-state index in [9.17, 15) is 4.79 Å². The summed E-state index contributed by atoms with van der Waals surface area (Å²) in [5.41, 5.74) is 0. The van der Waals surface area contributed by atoms with Gasteiger partial charge in [-0.25, -0.2) is 9.97 Å². The smallest absolute Gasteiger partial charge is 0.224 e. The van der Waals surface area contributed by atoms with Crippen LogP contribution in [-0.2, 0) is 4.79 Å². The van der Waals surface area contributed by atoms with E-state index in [0.29, 0.717) is 5.92 Å². The number of carbonyl (C=O) groups excluding carboxylic acids is 1. The number of anilines is 2. The second-order valence-corrected chi connectivity index (χ2v) is 7.86. The Morgan fingerprint density at radius 2 is 1.85 bits per heavy atom. The summed E-state index contributed by atoms with van der Waals surface area (Å²) in [5, 5.41) is 3.09. The van der Waals surface area contributed by atoms with E-state index < -0.39 is 0 Å². The van der Waals surface area contributed by atoms with Crippen molar-refractivity contribution < 1.29 is 4.79 Å². The molecule has 0 aliphatic carbocycles. The van der Waals surface area contributed by atoms with Crippen molar-refractivity contribution in [2.24, 2.45) is 11.8 Å². The summed E-state index contributed by atoms with van der Waals surface area (Å²) in [6.45, 7) is 9.10. The Kier molecular flexibility index (Phi) is 6.69. The van der Waals surface area contributed by atoms with Crippen molar-refractivity contribution in [1.29, 1.82) is 0 Å². The lowest BCUT2D eigenvalue weighted by Gasteiger charge is -2.34. The van der Waals surface area contributed by atoms with E-state index in [1.807, 2.05) is 0 Å². The van der Waals surface area contributed by atoms with Crippen molar-refractivity contribution in [3.8, 4) is 0 Å². The van der Waals surface area contributed by atoms with Gasteiger partial charge in [0.05, 0.1) is 5.92 Å². The normalized spacial score (nSPS) is 23.8. The molecule has 1 aromatic heterocycles. The first-order chi connectivity index (χ1) is 12.7. The lowest BCUT2D eigenvalue weighted by Crippen LogP contribution is -2.43. The summed E-state index contributed by atoms with van der Waals surface area (Å²) in [7, 11) is 0. The van der Waals surface area contributed by atoms with E-state index >= 15 is 0 Å². The summed E-state index contributed by atoms with van der Waals surface area (Å²) in [4.78, 5) is 26.1. The molecule has 2 aliphatic rings. The number of piperidine rings is 2. The van der Waals surface area contributed by atoms with Crippen LogP contribution >= 0.6 is 0 Å². The molecule has 3 rings (SSSR count). The maximum atomic E-state index is 12.4. The molecule has 0 radical (unpaired) electrons. The van der Waals surface area contributed by atoms with Crippen LogP contribution in [0.3, 0.4) is 0 Å². The van der Waals surface area contributed by atoms with Gasteiger partial charge in [-0.1, -0.05) is 20.3 Å². The number of aromatic nitrogens is 2. The van der Waals surface area contributed by atoms with E-state index in [0.717, 1.165) is 70.0 Å². The van der Waals surface area contributed by atoms with Gasteiger partial charge < -0.3 is 15.1 Å². The van der Waals surface area contributed by atoms with Crippen LogP contribution in [0.2, 0.25) is 0 Å². The SMILES string of the molecule is CCCCNC(=O)C1CCCN(c2cc(N3CCCC(C)C3)ncn2)C1. The highest BCUT2D eigenvalue weighted by Gasteiger charge is 2.27. The lowest BCUT2D eigenvalue weighted by molar-refractivity contribution is -0.125. The first kappa shape index (κ1) is 18.9. The summed E-state index contributed by atoms with van der Waals surface area (Å²) >= 11 is 0. The topological polar surface area (TPSA) is 61.4 Å². The maximum absolute atomic E-state index is 12.4. The van der Waals surface area contributed by atoms with E-state index in [1.165, 1.54) is 12.8 Å². The molecule has 2 fully saturated rings. The highest BCUT2D eigenvalue weighted by molar-refractivity contribution is 5.79.